The van der Waals surface area contributed by atoms with Crippen LogP contribution in [0.3, 0.4) is 0 Å². The van der Waals surface area contributed by atoms with Crippen LogP contribution in [0.5, 0.6) is 0 Å². The van der Waals surface area contributed by atoms with E-state index in [1.807, 2.05) is 0 Å². The van der Waals surface area contributed by atoms with Gasteiger partial charge in [0, 0.05) is 0 Å². The molecule has 0 fully saturated rings. The molecule has 0 saturated heterocycles. The first-order valence-corrected chi connectivity index (χ1v) is 9.38. The Kier molecular flexibility index (Phi) is 20.2. The Balaban J connectivity index is -0.000000256. The van der Waals surface area contributed by atoms with Crippen molar-refractivity contribution in [2.75, 3.05) is 0 Å². The predicted molar refractivity (Wildman–Crippen MR) is 103 cm³/mol. The molecule has 0 atom stereocenters. The van der Waals surface area contributed by atoms with E-state index in [-0.39, 0.29) is 0 Å². The van der Waals surface area contributed by atoms with Crippen molar-refractivity contribution in [1.82, 2.24) is 0 Å². The van der Waals surface area contributed by atoms with E-state index in [1.165, 1.54) is 19.3 Å². The maximum atomic E-state index is 2.36. The number of hydrogen-bond donors (Lipinski definition) is 0. The van der Waals surface area contributed by atoms with Gasteiger partial charge in [0.15, 0.2) is 0 Å². The van der Waals surface area contributed by atoms with Crippen molar-refractivity contribution in [3.8, 4) is 0 Å². The van der Waals surface area contributed by atoms with Gasteiger partial charge in [-0.1, -0.05) is 83.1 Å². The van der Waals surface area contributed by atoms with E-state index < -0.39 is 0 Å². The SMILES string of the molecule is CC(C)C.CC(C)CC(C)C.CC(C)CC(C)CC(C)C. The quantitative estimate of drug-likeness (QED) is 0.465. The molecule has 0 spiro atoms. The van der Waals surface area contributed by atoms with Crippen molar-refractivity contribution in [2.24, 2.45) is 35.5 Å². The highest BCUT2D eigenvalue weighted by molar-refractivity contribution is 4.58. The van der Waals surface area contributed by atoms with E-state index in [1.54, 1.807) is 0 Å². The van der Waals surface area contributed by atoms with Crippen LogP contribution in [-0.4, -0.2) is 0 Å². The summed E-state index contributed by atoms with van der Waals surface area (Å²) in [6.07, 6.45) is 4.14. The number of rotatable bonds is 6. The van der Waals surface area contributed by atoms with E-state index in [4.69, 9.17) is 0 Å². The normalized spacial score (nSPS) is 11.1. The monoisotopic (exact) mass is 300 g/mol. The van der Waals surface area contributed by atoms with Crippen molar-refractivity contribution in [3.63, 3.8) is 0 Å². The fourth-order valence-electron chi connectivity index (χ4n) is 2.65. The third-order valence-corrected chi connectivity index (χ3v) is 2.69. The molecular weight excluding hydrogens is 252 g/mol. The highest BCUT2D eigenvalue weighted by atomic mass is 14.1. The molecule has 0 aliphatic rings. The molecule has 0 heterocycles. The van der Waals surface area contributed by atoms with Crippen LogP contribution in [0, 0.1) is 35.5 Å². The van der Waals surface area contributed by atoms with Gasteiger partial charge in [-0.2, -0.15) is 0 Å². The lowest BCUT2D eigenvalue weighted by molar-refractivity contribution is 0.368. The van der Waals surface area contributed by atoms with Crippen LogP contribution in [0.4, 0.5) is 0 Å². The van der Waals surface area contributed by atoms with E-state index in [0.717, 1.165) is 35.5 Å². The second kappa shape index (κ2) is 16.4. The van der Waals surface area contributed by atoms with Gasteiger partial charge in [0.05, 0.1) is 0 Å². The molecule has 0 aromatic carbocycles. The summed E-state index contributed by atoms with van der Waals surface area (Å²) in [6, 6.07) is 0. The highest BCUT2D eigenvalue weighted by Gasteiger charge is 2.06. The molecule has 132 valence electrons. The highest BCUT2D eigenvalue weighted by Crippen LogP contribution is 2.18. The number of hydrogen-bond acceptors (Lipinski definition) is 0. The summed E-state index contributed by atoms with van der Waals surface area (Å²) >= 11 is 0. The summed E-state index contributed by atoms with van der Waals surface area (Å²) in [6.45, 7) is 27.1. The van der Waals surface area contributed by atoms with Gasteiger partial charge in [0.2, 0.25) is 0 Å². The van der Waals surface area contributed by atoms with Crippen LogP contribution < -0.4 is 0 Å². The van der Waals surface area contributed by atoms with Crippen molar-refractivity contribution < 1.29 is 0 Å². The zero-order chi connectivity index (χ0) is 17.6. The van der Waals surface area contributed by atoms with Crippen molar-refractivity contribution >= 4 is 0 Å². The minimum Gasteiger partial charge on any atom is -0.0630 e. The second-order valence-corrected chi connectivity index (χ2v) is 9.12. The summed E-state index contributed by atoms with van der Waals surface area (Å²) in [7, 11) is 0. The lowest BCUT2D eigenvalue weighted by Gasteiger charge is -2.15. The summed E-state index contributed by atoms with van der Waals surface area (Å²) in [4.78, 5) is 0. The summed E-state index contributed by atoms with van der Waals surface area (Å²) in [5, 5.41) is 0. The molecule has 0 unspecified atom stereocenters. The minimum atomic E-state index is 0.833. The van der Waals surface area contributed by atoms with E-state index in [9.17, 15) is 0 Å². The smallest absolute Gasteiger partial charge is 0.0438 e. The largest absolute Gasteiger partial charge is 0.0630 e. The molecule has 0 N–H and O–H groups in total. The molecule has 0 aromatic heterocycles. The Morgan fingerprint density at radius 2 is 0.571 bits per heavy atom. The van der Waals surface area contributed by atoms with Gasteiger partial charge in [-0.3, -0.25) is 0 Å². The molecule has 0 amide bonds. The predicted octanol–water partition coefficient (Wildman–Crippen LogP) is 8.07. The second-order valence-electron chi connectivity index (χ2n) is 9.12. The van der Waals surface area contributed by atoms with E-state index in [2.05, 4.69) is 83.1 Å². The molecule has 0 aromatic rings. The van der Waals surface area contributed by atoms with E-state index >= 15 is 0 Å². The van der Waals surface area contributed by atoms with Gasteiger partial charge >= 0.3 is 0 Å². The Bertz CT molecular complexity index is 156. The summed E-state index contributed by atoms with van der Waals surface area (Å²) < 4.78 is 0. The maximum Gasteiger partial charge on any atom is -0.0438 e. The van der Waals surface area contributed by atoms with Crippen molar-refractivity contribution in [2.45, 2.75) is 102 Å². The first-order valence-electron chi connectivity index (χ1n) is 9.38. The zero-order valence-electron chi connectivity index (χ0n) is 17.6. The Hall–Kier alpha value is 0. The molecule has 21 heavy (non-hydrogen) atoms. The maximum absolute atomic E-state index is 2.36. The lowest BCUT2D eigenvalue weighted by Crippen LogP contribution is -2.03. The van der Waals surface area contributed by atoms with E-state index in [0.29, 0.717) is 0 Å². The van der Waals surface area contributed by atoms with Gasteiger partial charge in [-0.25, -0.2) is 0 Å². The molecule has 0 nitrogen and oxygen atoms in total. The average Bonchev–Trinajstić information content (AvgIpc) is 2.10. The van der Waals surface area contributed by atoms with Gasteiger partial charge < -0.3 is 0 Å². The third-order valence-electron chi connectivity index (χ3n) is 2.69. The van der Waals surface area contributed by atoms with Gasteiger partial charge in [0.1, 0.15) is 0 Å². The molecule has 0 heteroatoms. The molecule has 0 radical (unpaired) electrons. The minimum absolute atomic E-state index is 0.833. The molecule has 0 aliphatic carbocycles. The Morgan fingerprint density at radius 1 is 0.381 bits per heavy atom. The van der Waals surface area contributed by atoms with Gasteiger partial charge in [-0.15, -0.1) is 0 Å². The van der Waals surface area contributed by atoms with Crippen LogP contribution in [-0.2, 0) is 0 Å². The molecule has 0 bridgehead atoms. The fraction of sp³-hybridized carbons (Fsp3) is 1.00. The van der Waals surface area contributed by atoms with Gasteiger partial charge in [-0.05, 0) is 54.8 Å². The summed E-state index contributed by atoms with van der Waals surface area (Å²) in [5.41, 5.74) is 0. The lowest BCUT2D eigenvalue weighted by atomic mass is 9.91. The first-order chi connectivity index (χ1) is 9.38. The van der Waals surface area contributed by atoms with Crippen molar-refractivity contribution in [3.05, 3.63) is 0 Å². The molecular formula is C21H48. The van der Waals surface area contributed by atoms with Crippen LogP contribution in [0.25, 0.3) is 0 Å². The Morgan fingerprint density at radius 3 is 0.667 bits per heavy atom. The topological polar surface area (TPSA) is 0 Å². The van der Waals surface area contributed by atoms with Crippen LogP contribution in [0.1, 0.15) is 102 Å². The third kappa shape index (κ3) is 45.0. The average molecular weight is 301 g/mol. The van der Waals surface area contributed by atoms with Crippen LogP contribution in [0.2, 0.25) is 0 Å². The standard InChI is InChI=1S/C10H22.C7H16.C4H10/c1-8(2)6-10(5)7-9(3)4;1-6(2)5-7(3)4;1-4(2)3/h8-10H,6-7H2,1-5H3;6-7H,5H2,1-4H3;4H,1-3H3. The Labute approximate surface area is 138 Å². The molecule has 0 aliphatic heterocycles. The van der Waals surface area contributed by atoms with Crippen LogP contribution in [0.15, 0.2) is 0 Å². The molecule has 0 saturated carbocycles. The van der Waals surface area contributed by atoms with Crippen LogP contribution >= 0.6 is 0 Å². The fourth-order valence-corrected chi connectivity index (χ4v) is 2.65. The summed E-state index contributed by atoms with van der Waals surface area (Å²) in [5.74, 6) is 5.24. The van der Waals surface area contributed by atoms with Crippen molar-refractivity contribution in [1.29, 1.82) is 0 Å². The molecule has 0 rings (SSSR count). The first kappa shape index (κ1) is 25.9. The van der Waals surface area contributed by atoms with Gasteiger partial charge in [0.25, 0.3) is 0 Å². The zero-order valence-corrected chi connectivity index (χ0v) is 17.6.